The molecule has 0 aliphatic carbocycles. The Labute approximate surface area is 121 Å². The highest BCUT2D eigenvalue weighted by molar-refractivity contribution is 6.30. The third-order valence-corrected chi connectivity index (χ3v) is 3.70. The van der Waals surface area contributed by atoms with Gasteiger partial charge in [-0.2, -0.15) is 0 Å². The number of piperazine rings is 1. The molecule has 0 bridgehead atoms. The normalized spacial score (nSPS) is 26.4. The van der Waals surface area contributed by atoms with E-state index in [-0.39, 0.29) is 12.4 Å². The van der Waals surface area contributed by atoms with E-state index in [9.17, 15) is 0 Å². The first-order valence-corrected chi connectivity index (χ1v) is 6.69. The third kappa shape index (κ3) is 3.86. The van der Waals surface area contributed by atoms with E-state index in [4.69, 9.17) is 11.6 Å². The van der Waals surface area contributed by atoms with Crippen LogP contribution in [-0.2, 0) is 0 Å². The lowest BCUT2D eigenvalue weighted by molar-refractivity contribution is 0.131. The predicted octanol–water partition coefficient (Wildman–Crippen LogP) is 3.51. The van der Waals surface area contributed by atoms with Crippen molar-refractivity contribution in [3.63, 3.8) is 0 Å². The zero-order chi connectivity index (χ0) is 12.4. The molecule has 1 aromatic rings. The summed E-state index contributed by atoms with van der Waals surface area (Å²) < 4.78 is 0. The second kappa shape index (κ2) is 6.76. The van der Waals surface area contributed by atoms with Gasteiger partial charge in [0.1, 0.15) is 0 Å². The molecule has 3 unspecified atom stereocenters. The monoisotopic (exact) mass is 288 g/mol. The molecule has 1 saturated heterocycles. The summed E-state index contributed by atoms with van der Waals surface area (Å²) in [6.45, 7) is 8.94. The minimum absolute atomic E-state index is 0. The molecular weight excluding hydrogens is 267 g/mol. The number of hydrogen-bond acceptors (Lipinski definition) is 2. The Morgan fingerprint density at radius 1 is 1.28 bits per heavy atom. The molecule has 0 amide bonds. The van der Waals surface area contributed by atoms with Gasteiger partial charge in [0, 0.05) is 36.2 Å². The van der Waals surface area contributed by atoms with Crippen LogP contribution in [-0.4, -0.2) is 30.1 Å². The lowest BCUT2D eigenvalue weighted by atomic mass is 10.0. The van der Waals surface area contributed by atoms with E-state index in [1.165, 1.54) is 5.56 Å². The second-order valence-corrected chi connectivity index (χ2v) is 5.59. The van der Waals surface area contributed by atoms with Crippen molar-refractivity contribution in [3.8, 4) is 0 Å². The van der Waals surface area contributed by atoms with Gasteiger partial charge in [-0.15, -0.1) is 12.4 Å². The summed E-state index contributed by atoms with van der Waals surface area (Å²) in [6.07, 6.45) is 0. The molecular formula is C14H22Cl2N2. The zero-order valence-corrected chi connectivity index (χ0v) is 12.8. The second-order valence-electron chi connectivity index (χ2n) is 5.15. The molecule has 4 heteroatoms. The minimum Gasteiger partial charge on any atom is -0.309 e. The molecule has 0 radical (unpaired) electrons. The Bertz CT molecular complexity index is 374. The Hall–Kier alpha value is -0.280. The van der Waals surface area contributed by atoms with Crippen LogP contribution in [0.15, 0.2) is 24.3 Å². The molecule has 1 N–H and O–H groups in total. The topological polar surface area (TPSA) is 15.3 Å². The summed E-state index contributed by atoms with van der Waals surface area (Å²) in [6, 6.07) is 9.74. The van der Waals surface area contributed by atoms with Crippen molar-refractivity contribution in [2.45, 2.75) is 38.9 Å². The van der Waals surface area contributed by atoms with Crippen LogP contribution in [0.2, 0.25) is 5.02 Å². The number of benzene rings is 1. The van der Waals surface area contributed by atoms with Crippen molar-refractivity contribution >= 4 is 24.0 Å². The van der Waals surface area contributed by atoms with E-state index < -0.39 is 0 Å². The molecule has 2 rings (SSSR count). The SMILES string of the molecule is CC1CN(C(C)c2cccc(Cl)c2)CC(C)N1.Cl. The van der Waals surface area contributed by atoms with Gasteiger partial charge in [0.2, 0.25) is 0 Å². The quantitative estimate of drug-likeness (QED) is 0.896. The molecule has 1 aliphatic rings. The molecule has 3 atom stereocenters. The average Bonchev–Trinajstić information content (AvgIpc) is 2.26. The highest BCUT2D eigenvalue weighted by Crippen LogP contribution is 2.24. The van der Waals surface area contributed by atoms with Gasteiger partial charge in [0.05, 0.1) is 0 Å². The maximum atomic E-state index is 6.05. The molecule has 1 aromatic carbocycles. The number of nitrogens with zero attached hydrogens (tertiary/aromatic N) is 1. The molecule has 1 aliphatic heterocycles. The molecule has 0 aromatic heterocycles. The molecule has 0 spiro atoms. The van der Waals surface area contributed by atoms with Crippen molar-refractivity contribution < 1.29 is 0 Å². The first kappa shape index (κ1) is 15.8. The van der Waals surface area contributed by atoms with Gasteiger partial charge in [0.15, 0.2) is 0 Å². The van der Waals surface area contributed by atoms with Crippen molar-refractivity contribution in [1.29, 1.82) is 0 Å². The van der Waals surface area contributed by atoms with Crippen LogP contribution in [0.5, 0.6) is 0 Å². The van der Waals surface area contributed by atoms with Crippen LogP contribution in [0, 0.1) is 0 Å². The predicted molar refractivity (Wildman–Crippen MR) is 80.7 cm³/mol. The lowest BCUT2D eigenvalue weighted by Gasteiger charge is -2.39. The summed E-state index contributed by atoms with van der Waals surface area (Å²) in [5, 5.41) is 4.38. The fourth-order valence-corrected chi connectivity index (χ4v) is 2.86. The smallest absolute Gasteiger partial charge is 0.0409 e. The van der Waals surface area contributed by atoms with Crippen LogP contribution < -0.4 is 5.32 Å². The van der Waals surface area contributed by atoms with Gasteiger partial charge in [-0.05, 0) is 38.5 Å². The Balaban J connectivity index is 0.00000162. The van der Waals surface area contributed by atoms with Crippen molar-refractivity contribution in [2.24, 2.45) is 0 Å². The van der Waals surface area contributed by atoms with Crippen LogP contribution in [0.1, 0.15) is 32.4 Å². The van der Waals surface area contributed by atoms with Gasteiger partial charge in [0.25, 0.3) is 0 Å². The van der Waals surface area contributed by atoms with E-state index in [1.54, 1.807) is 0 Å². The Kier molecular flexibility index (Phi) is 5.93. The average molecular weight is 289 g/mol. The Morgan fingerprint density at radius 2 is 1.89 bits per heavy atom. The van der Waals surface area contributed by atoms with Crippen molar-refractivity contribution in [3.05, 3.63) is 34.9 Å². The van der Waals surface area contributed by atoms with Crippen molar-refractivity contribution in [2.75, 3.05) is 13.1 Å². The molecule has 1 fully saturated rings. The number of halogens is 2. The van der Waals surface area contributed by atoms with E-state index in [0.29, 0.717) is 18.1 Å². The summed E-state index contributed by atoms with van der Waals surface area (Å²) >= 11 is 6.05. The van der Waals surface area contributed by atoms with Crippen LogP contribution in [0.4, 0.5) is 0 Å². The van der Waals surface area contributed by atoms with Gasteiger partial charge >= 0.3 is 0 Å². The standard InChI is InChI=1S/C14H21ClN2.ClH/c1-10-8-17(9-11(2)16-10)12(3)13-5-4-6-14(15)7-13;/h4-7,10-12,16H,8-9H2,1-3H3;1H. The fourth-order valence-electron chi connectivity index (χ4n) is 2.66. The Morgan fingerprint density at radius 3 is 2.44 bits per heavy atom. The molecule has 0 saturated carbocycles. The summed E-state index contributed by atoms with van der Waals surface area (Å²) in [5.41, 5.74) is 1.30. The van der Waals surface area contributed by atoms with Crippen LogP contribution in [0.25, 0.3) is 0 Å². The largest absolute Gasteiger partial charge is 0.309 e. The summed E-state index contributed by atoms with van der Waals surface area (Å²) in [5.74, 6) is 0. The van der Waals surface area contributed by atoms with Crippen LogP contribution in [0.3, 0.4) is 0 Å². The van der Waals surface area contributed by atoms with E-state index in [0.717, 1.165) is 18.1 Å². The molecule has 2 nitrogen and oxygen atoms in total. The van der Waals surface area contributed by atoms with Gasteiger partial charge in [-0.3, -0.25) is 4.90 Å². The van der Waals surface area contributed by atoms with E-state index >= 15 is 0 Å². The van der Waals surface area contributed by atoms with E-state index in [2.05, 4.69) is 43.1 Å². The first-order valence-electron chi connectivity index (χ1n) is 6.32. The maximum Gasteiger partial charge on any atom is 0.0409 e. The highest BCUT2D eigenvalue weighted by Gasteiger charge is 2.25. The zero-order valence-electron chi connectivity index (χ0n) is 11.2. The van der Waals surface area contributed by atoms with Gasteiger partial charge in [-0.1, -0.05) is 23.7 Å². The highest BCUT2D eigenvalue weighted by atomic mass is 35.5. The van der Waals surface area contributed by atoms with Crippen LogP contribution >= 0.6 is 24.0 Å². The number of hydrogen-bond donors (Lipinski definition) is 1. The summed E-state index contributed by atoms with van der Waals surface area (Å²) in [4.78, 5) is 2.53. The first-order chi connectivity index (χ1) is 8.06. The molecule has 1 heterocycles. The molecule has 102 valence electrons. The van der Waals surface area contributed by atoms with E-state index in [1.807, 2.05) is 12.1 Å². The number of nitrogens with one attached hydrogen (secondary N) is 1. The summed E-state index contributed by atoms with van der Waals surface area (Å²) in [7, 11) is 0. The minimum atomic E-state index is 0. The maximum absolute atomic E-state index is 6.05. The van der Waals surface area contributed by atoms with Gasteiger partial charge < -0.3 is 5.32 Å². The lowest BCUT2D eigenvalue weighted by Crippen LogP contribution is -2.54. The molecule has 18 heavy (non-hydrogen) atoms. The van der Waals surface area contributed by atoms with Gasteiger partial charge in [-0.25, -0.2) is 0 Å². The fraction of sp³-hybridized carbons (Fsp3) is 0.571. The van der Waals surface area contributed by atoms with Crippen molar-refractivity contribution in [1.82, 2.24) is 10.2 Å². The number of rotatable bonds is 2. The third-order valence-electron chi connectivity index (χ3n) is 3.46.